The Kier molecular flexibility index (Phi) is 5.17. The van der Waals surface area contributed by atoms with Crippen LogP contribution in [-0.4, -0.2) is 9.55 Å². The van der Waals surface area contributed by atoms with Gasteiger partial charge in [-0.1, -0.05) is 26.0 Å². The highest BCUT2D eigenvalue weighted by Gasteiger charge is 1.86. The smallest absolute Gasteiger partial charge is 0.0948 e. The average Bonchev–Trinajstić information content (AvgIpc) is 2.43. The van der Waals surface area contributed by atoms with Gasteiger partial charge in [0.05, 0.1) is 6.33 Å². The van der Waals surface area contributed by atoms with E-state index in [9.17, 15) is 0 Å². The maximum atomic E-state index is 3.90. The van der Waals surface area contributed by atoms with E-state index in [0.29, 0.717) is 0 Å². The number of allylic oxidation sites excluding steroid dienone is 1. The Morgan fingerprint density at radius 2 is 2.18 bits per heavy atom. The highest BCUT2D eigenvalue weighted by molar-refractivity contribution is 4.90. The summed E-state index contributed by atoms with van der Waals surface area (Å²) < 4.78 is 1.99. The van der Waals surface area contributed by atoms with Crippen LogP contribution in [0.25, 0.3) is 0 Å². The molecule has 0 unspecified atom stereocenters. The Hall–Kier alpha value is -1.05. The topological polar surface area (TPSA) is 17.8 Å². The second-order valence-electron chi connectivity index (χ2n) is 2.19. The monoisotopic (exact) mass is 152 g/mol. The van der Waals surface area contributed by atoms with E-state index in [2.05, 4.69) is 11.6 Å². The van der Waals surface area contributed by atoms with Crippen LogP contribution in [0.4, 0.5) is 0 Å². The summed E-state index contributed by atoms with van der Waals surface area (Å²) in [6, 6.07) is 0. The average molecular weight is 152 g/mol. The molecule has 0 bridgehead atoms. The summed E-state index contributed by atoms with van der Waals surface area (Å²) in [5, 5.41) is 0. The van der Waals surface area contributed by atoms with Crippen molar-refractivity contribution in [2.24, 2.45) is 0 Å². The molecular weight excluding hydrogens is 136 g/mol. The lowest BCUT2D eigenvalue weighted by atomic mass is 10.3. The van der Waals surface area contributed by atoms with Crippen molar-refractivity contribution in [3.63, 3.8) is 0 Å². The molecule has 0 amide bonds. The van der Waals surface area contributed by atoms with E-state index in [4.69, 9.17) is 0 Å². The van der Waals surface area contributed by atoms with E-state index >= 15 is 0 Å². The van der Waals surface area contributed by atoms with Crippen molar-refractivity contribution in [2.75, 3.05) is 0 Å². The summed E-state index contributed by atoms with van der Waals surface area (Å²) in [6.07, 6.45) is 5.48. The predicted molar refractivity (Wildman–Crippen MR) is 48.4 cm³/mol. The lowest BCUT2D eigenvalue weighted by molar-refractivity contribution is 0.785. The first-order valence-corrected chi connectivity index (χ1v) is 3.89. The standard InChI is InChI=1S/C7H10N2.C2H6/c1-7(2)5-9-4-3-8-6-9;1-2/h3-4,6H,1,5H2,2H3;1-2H3. The van der Waals surface area contributed by atoms with Crippen LogP contribution in [0.15, 0.2) is 30.9 Å². The van der Waals surface area contributed by atoms with Crippen molar-refractivity contribution in [2.45, 2.75) is 27.3 Å². The van der Waals surface area contributed by atoms with Crippen LogP contribution in [0.3, 0.4) is 0 Å². The molecule has 1 aromatic heterocycles. The van der Waals surface area contributed by atoms with Crippen molar-refractivity contribution in [3.8, 4) is 0 Å². The Bertz CT molecular complexity index is 187. The molecule has 0 saturated heterocycles. The number of imidazole rings is 1. The molecule has 0 fully saturated rings. The van der Waals surface area contributed by atoms with Crippen molar-refractivity contribution in [1.29, 1.82) is 0 Å². The van der Waals surface area contributed by atoms with E-state index in [-0.39, 0.29) is 0 Å². The molecule has 1 aromatic rings. The normalized spacial score (nSPS) is 8.27. The van der Waals surface area contributed by atoms with Crippen LogP contribution in [0.1, 0.15) is 20.8 Å². The number of rotatable bonds is 2. The Balaban J connectivity index is 0.000000461. The number of hydrogen-bond acceptors (Lipinski definition) is 1. The molecule has 0 radical (unpaired) electrons. The molecule has 0 aliphatic carbocycles. The third kappa shape index (κ3) is 4.37. The maximum absolute atomic E-state index is 3.90. The summed E-state index contributed by atoms with van der Waals surface area (Å²) in [6.45, 7) is 10.7. The Morgan fingerprint density at radius 3 is 2.55 bits per heavy atom. The molecule has 2 nitrogen and oxygen atoms in total. The van der Waals surface area contributed by atoms with Gasteiger partial charge in [0, 0.05) is 18.9 Å². The van der Waals surface area contributed by atoms with Gasteiger partial charge in [0.1, 0.15) is 0 Å². The lowest BCUT2D eigenvalue weighted by Crippen LogP contribution is -1.93. The molecule has 11 heavy (non-hydrogen) atoms. The van der Waals surface area contributed by atoms with E-state index in [1.54, 1.807) is 12.5 Å². The van der Waals surface area contributed by atoms with Gasteiger partial charge in [0.15, 0.2) is 0 Å². The van der Waals surface area contributed by atoms with E-state index in [1.165, 1.54) is 0 Å². The third-order valence-electron chi connectivity index (χ3n) is 1.01. The molecular formula is C9H16N2. The zero-order valence-corrected chi connectivity index (χ0v) is 7.54. The van der Waals surface area contributed by atoms with Crippen molar-refractivity contribution in [3.05, 3.63) is 30.9 Å². The predicted octanol–water partition coefficient (Wildman–Crippen LogP) is 2.49. The third-order valence-corrected chi connectivity index (χ3v) is 1.01. The molecule has 2 heteroatoms. The molecule has 0 aliphatic rings. The van der Waals surface area contributed by atoms with Gasteiger partial charge >= 0.3 is 0 Å². The van der Waals surface area contributed by atoms with E-state index < -0.39 is 0 Å². The fourth-order valence-electron chi connectivity index (χ4n) is 0.692. The number of nitrogens with zero attached hydrogens (tertiary/aromatic N) is 2. The number of hydrogen-bond donors (Lipinski definition) is 0. The molecule has 1 heterocycles. The highest BCUT2D eigenvalue weighted by atomic mass is 15.0. The van der Waals surface area contributed by atoms with Crippen LogP contribution in [0.2, 0.25) is 0 Å². The summed E-state index contributed by atoms with van der Waals surface area (Å²) in [5.74, 6) is 0. The van der Waals surface area contributed by atoms with Gasteiger partial charge in [-0.25, -0.2) is 4.98 Å². The first-order chi connectivity index (χ1) is 5.29. The molecule has 0 saturated carbocycles. The van der Waals surface area contributed by atoms with Crippen LogP contribution in [0, 0.1) is 0 Å². The molecule has 0 aromatic carbocycles. The molecule has 0 atom stereocenters. The second-order valence-corrected chi connectivity index (χ2v) is 2.19. The molecule has 0 aliphatic heterocycles. The van der Waals surface area contributed by atoms with Crippen LogP contribution in [0.5, 0.6) is 0 Å². The second kappa shape index (κ2) is 5.71. The van der Waals surface area contributed by atoms with Gasteiger partial charge in [-0.3, -0.25) is 0 Å². The number of aromatic nitrogens is 2. The quantitative estimate of drug-likeness (QED) is 0.595. The first-order valence-electron chi connectivity index (χ1n) is 3.89. The highest BCUT2D eigenvalue weighted by Crippen LogP contribution is 1.93. The minimum absolute atomic E-state index is 0.875. The van der Waals surface area contributed by atoms with Gasteiger partial charge in [-0.2, -0.15) is 0 Å². The first kappa shape index (κ1) is 9.95. The van der Waals surface area contributed by atoms with E-state index in [0.717, 1.165) is 12.1 Å². The minimum Gasteiger partial charge on any atom is -0.333 e. The lowest BCUT2D eigenvalue weighted by Gasteiger charge is -1.97. The van der Waals surface area contributed by atoms with Crippen LogP contribution in [-0.2, 0) is 6.54 Å². The summed E-state index contributed by atoms with van der Waals surface area (Å²) >= 11 is 0. The van der Waals surface area contributed by atoms with Gasteiger partial charge in [-0.05, 0) is 6.92 Å². The van der Waals surface area contributed by atoms with Gasteiger partial charge in [-0.15, -0.1) is 0 Å². The zero-order chi connectivity index (χ0) is 8.69. The fraction of sp³-hybridized carbons (Fsp3) is 0.444. The fourth-order valence-corrected chi connectivity index (χ4v) is 0.692. The van der Waals surface area contributed by atoms with Crippen molar-refractivity contribution < 1.29 is 0 Å². The van der Waals surface area contributed by atoms with Crippen LogP contribution >= 0.6 is 0 Å². The van der Waals surface area contributed by atoms with Crippen LogP contribution < -0.4 is 0 Å². The largest absolute Gasteiger partial charge is 0.333 e. The summed E-state index contributed by atoms with van der Waals surface area (Å²) in [4.78, 5) is 3.90. The van der Waals surface area contributed by atoms with E-state index in [1.807, 2.05) is 31.5 Å². The van der Waals surface area contributed by atoms with Gasteiger partial charge in [0.2, 0.25) is 0 Å². The molecule has 0 N–H and O–H groups in total. The molecule has 0 spiro atoms. The summed E-state index contributed by atoms with van der Waals surface area (Å²) in [5.41, 5.74) is 1.15. The Morgan fingerprint density at radius 1 is 1.55 bits per heavy atom. The van der Waals surface area contributed by atoms with Gasteiger partial charge < -0.3 is 4.57 Å². The van der Waals surface area contributed by atoms with Crippen molar-refractivity contribution in [1.82, 2.24) is 9.55 Å². The molecule has 1 rings (SSSR count). The molecule has 62 valence electrons. The SMILES string of the molecule is C=C(C)Cn1ccnc1.CC. The minimum atomic E-state index is 0.875. The summed E-state index contributed by atoms with van der Waals surface area (Å²) in [7, 11) is 0. The Labute approximate surface area is 68.6 Å². The van der Waals surface area contributed by atoms with Gasteiger partial charge in [0.25, 0.3) is 0 Å². The maximum Gasteiger partial charge on any atom is 0.0948 e. The zero-order valence-electron chi connectivity index (χ0n) is 7.54. The van der Waals surface area contributed by atoms with Crippen molar-refractivity contribution >= 4 is 0 Å².